The molecule has 0 saturated heterocycles. The van der Waals surface area contributed by atoms with E-state index in [0.29, 0.717) is 28.7 Å². The van der Waals surface area contributed by atoms with E-state index in [1.807, 2.05) is 6.92 Å². The highest BCUT2D eigenvalue weighted by Gasteiger charge is 2.25. The maximum atomic E-state index is 14.0. The summed E-state index contributed by atoms with van der Waals surface area (Å²) in [6.45, 7) is 1.93. The second-order valence-corrected chi connectivity index (χ2v) is 7.64. The summed E-state index contributed by atoms with van der Waals surface area (Å²) >= 11 is 0. The summed E-state index contributed by atoms with van der Waals surface area (Å²) in [7, 11) is 2.93. The number of esters is 1. The van der Waals surface area contributed by atoms with Crippen LogP contribution in [0.1, 0.15) is 33.5 Å². The summed E-state index contributed by atoms with van der Waals surface area (Å²) in [5, 5.41) is 6.59. The fourth-order valence-electron chi connectivity index (χ4n) is 3.76. The lowest BCUT2D eigenvalue weighted by Crippen LogP contribution is -2.19. The van der Waals surface area contributed by atoms with Gasteiger partial charge in [0.05, 0.1) is 30.9 Å². The monoisotopic (exact) mass is 450 g/mol. The molecule has 170 valence electrons. The first-order valence-electron chi connectivity index (χ1n) is 10.3. The predicted molar refractivity (Wildman–Crippen MR) is 122 cm³/mol. The predicted octanol–water partition coefficient (Wildman–Crippen LogP) is 4.39. The van der Waals surface area contributed by atoms with E-state index < -0.39 is 11.9 Å². The standard InChI is InChI=1S/C24H23FN4O4/c1-14(11-15-7-4-5-8-18(15)25)27-16-12-17-20(28-23(30)19-9-6-10-33-19)21(24(31)32-3)29(2)22(17)26-13-16/h4-10,12-14,27H,11H2,1-3H3,(H,28,30)/t14-/m1/s1. The Hall–Kier alpha value is -4.14. The molecule has 0 aliphatic heterocycles. The Balaban J connectivity index is 1.68. The van der Waals surface area contributed by atoms with Crippen molar-refractivity contribution in [2.75, 3.05) is 17.7 Å². The molecule has 1 atom stereocenters. The Morgan fingerprint density at radius 2 is 2.03 bits per heavy atom. The van der Waals surface area contributed by atoms with Crippen molar-refractivity contribution in [2.45, 2.75) is 19.4 Å². The number of aromatic nitrogens is 2. The molecule has 33 heavy (non-hydrogen) atoms. The normalized spacial score (nSPS) is 11.9. The van der Waals surface area contributed by atoms with E-state index in [1.165, 1.54) is 25.5 Å². The van der Waals surface area contributed by atoms with Crippen LogP contribution >= 0.6 is 0 Å². The molecule has 0 radical (unpaired) electrons. The van der Waals surface area contributed by atoms with Crippen LogP contribution in [-0.4, -0.2) is 34.6 Å². The molecule has 2 N–H and O–H groups in total. The van der Waals surface area contributed by atoms with Gasteiger partial charge in [0.1, 0.15) is 11.5 Å². The van der Waals surface area contributed by atoms with E-state index in [0.717, 1.165) is 0 Å². The molecule has 1 amide bonds. The molecule has 8 nitrogen and oxygen atoms in total. The van der Waals surface area contributed by atoms with Crippen molar-refractivity contribution in [3.05, 3.63) is 77.8 Å². The average Bonchev–Trinajstić information content (AvgIpc) is 3.42. The van der Waals surface area contributed by atoms with E-state index in [9.17, 15) is 14.0 Å². The molecule has 0 aliphatic carbocycles. The quantitative estimate of drug-likeness (QED) is 0.405. The lowest BCUT2D eigenvalue weighted by molar-refractivity contribution is 0.0591. The highest BCUT2D eigenvalue weighted by Crippen LogP contribution is 2.32. The Morgan fingerprint density at radius 1 is 1.24 bits per heavy atom. The van der Waals surface area contributed by atoms with Gasteiger partial charge in [-0.15, -0.1) is 0 Å². The van der Waals surface area contributed by atoms with E-state index in [-0.39, 0.29) is 29.0 Å². The van der Waals surface area contributed by atoms with E-state index in [2.05, 4.69) is 15.6 Å². The van der Waals surface area contributed by atoms with E-state index >= 15 is 0 Å². The SMILES string of the molecule is COC(=O)c1c(NC(=O)c2ccco2)c2cc(N[C@H](C)Cc3ccccc3F)cnc2n1C. The van der Waals surface area contributed by atoms with Crippen molar-refractivity contribution in [2.24, 2.45) is 7.05 Å². The number of halogens is 1. The number of aryl methyl sites for hydroxylation is 1. The molecule has 0 aliphatic rings. The number of amides is 1. The zero-order valence-corrected chi connectivity index (χ0v) is 18.4. The van der Waals surface area contributed by atoms with Crippen LogP contribution < -0.4 is 10.6 Å². The van der Waals surface area contributed by atoms with Gasteiger partial charge in [-0.1, -0.05) is 18.2 Å². The van der Waals surface area contributed by atoms with Crippen LogP contribution in [0, 0.1) is 5.82 Å². The number of hydrogen-bond donors (Lipinski definition) is 2. The number of anilines is 2. The zero-order valence-electron chi connectivity index (χ0n) is 18.4. The topological polar surface area (TPSA) is 98.4 Å². The number of nitrogens with zero attached hydrogens (tertiary/aromatic N) is 2. The summed E-state index contributed by atoms with van der Waals surface area (Å²) in [6, 6.07) is 11.4. The van der Waals surface area contributed by atoms with Crippen molar-refractivity contribution in [3.63, 3.8) is 0 Å². The molecule has 4 aromatic rings. The van der Waals surface area contributed by atoms with Gasteiger partial charge in [-0.2, -0.15) is 0 Å². The summed E-state index contributed by atoms with van der Waals surface area (Å²) in [4.78, 5) is 29.6. The number of carbonyl (C=O) groups is 2. The first kappa shape index (κ1) is 22.1. The largest absolute Gasteiger partial charge is 0.464 e. The molecular weight excluding hydrogens is 427 g/mol. The fraction of sp³-hybridized carbons (Fsp3) is 0.208. The minimum Gasteiger partial charge on any atom is -0.464 e. The number of furan rings is 1. The molecule has 0 saturated carbocycles. The number of rotatable bonds is 7. The third-order valence-electron chi connectivity index (χ3n) is 5.29. The van der Waals surface area contributed by atoms with Gasteiger partial charge >= 0.3 is 5.97 Å². The van der Waals surface area contributed by atoms with Crippen LogP contribution in [-0.2, 0) is 18.2 Å². The molecule has 0 bridgehead atoms. The maximum absolute atomic E-state index is 14.0. The van der Waals surface area contributed by atoms with Crippen molar-refractivity contribution in [3.8, 4) is 0 Å². The molecule has 3 aromatic heterocycles. The molecule has 0 spiro atoms. The summed E-state index contributed by atoms with van der Waals surface area (Å²) < 4.78 is 25.7. The van der Waals surface area contributed by atoms with Crippen LogP contribution in [0.15, 0.2) is 59.3 Å². The van der Waals surface area contributed by atoms with E-state index in [1.54, 1.807) is 48.1 Å². The van der Waals surface area contributed by atoms with Crippen molar-refractivity contribution < 1.29 is 23.1 Å². The zero-order chi connectivity index (χ0) is 23.5. The number of methoxy groups -OCH3 is 1. The molecular formula is C24H23FN4O4. The Labute approximate surface area is 189 Å². The first-order chi connectivity index (χ1) is 15.9. The maximum Gasteiger partial charge on any atom is 0.356 e. The lowest BCUT2D eigenvalue weighted by atomic mass is 10.1. The molecule has 0 fully saturated rings. The number of benzene rings is 1. The van der Waals surface area contributed by atoms with Crippen molar-refractivity contribution >= 4 is 34.3 Å². The van der Waals surface area contributed by atoms with Crippen LogP contribution in [0.3, 0.4) is 0 Å². The van der Waals surface area contributed by atoms with Gasteiger partial charge in [-0.25, -0.2) is 14.2 Å². The Bertz CT molecular complexity index is 1310. The highest BCUT2D eigenvalue weighted by atomic mass is 19.1. The van der Waals surface area contributed by atoms with Crippen molar-refractivity contribution in [1.82, 2.24) is 9.55 Å². The molecule has 9 heteroatoms. The van der Waals surface area contributed by atoms with E-state index in [4.69, 9.17) is 9.15 Å². The van der Waals surface area contributed by atoms with Gasteiger partial charge in [0.25, 0.3) is 5.91 Å². The Kier molecular flexibility index (Phi) is 6.12. The third-order valence-corrected chi connectivity index (χ3v) is 5.29. The smallest absolute Gasteiger partial charge is 0.356 e. The highest BCUT2D eigenvalue weighted by molar-refractivity contribution is 6.14. The minimum absolute atomic E-state index is 0.101. The molecule has 4 rings (SSSR count). The molecule has 0 unspecified atom stereocenters. The average molecular weight is 450 g/mol. The third kappa shape index (κ3) is 4.43. The van der Waals surface area contributed by atoms with Crippen LogP contribution in [0.4, 0.5) is 15.8 Å². The van der Waals surface area contributed by atoms with Gasteiger partial charge in [-0.05, 0) is 43.2 Å². The van der Waals surface area contributed by atoms with Gasteiger partial charge in [0, 0.05) is 18.5 Å². The van der Waals surface area contributed by atoms with Crippen molar-refractivity contribution in [1.29, 1.82) is 0 Å². The second-order valence-electron chi connectivity index (χ2n) is 7.64. The lowest BCUT2D eigenvalue weighted by Gasteiger charge is -2.16. The Morgan fingerprint density at radius 3 is 2.73 bits per heavy atom. The summed E-state index contributed by atoms with van der Waals surface area (Å²) in [5.41, 5.74) is 2.15. The number of pyridine rings is 1. The fourth-order valence-corrected chi connectivity index (χ4v) is 3.76. The second kappa shape index (κ2) is 9.15. The van der Waals surface area contributed by atoms with Gasteiger partial charge in [-0.3, -0.25) is 4.79 Å². The molecule has 1 aromatic carbocycles. The summed E-state index contributed by atoms with van der Waals surface area (Å²) in [6.07, 6.45) is 3.48. The first-order valence-corrected chi connectivity index (χ1v) is 10.3. The van der Waals surface area contributed by atoms with Gasteiger partial charge in [0.2, 0.25) is 0 Å². The minimum atomic E-state index is -0.618. The number of hydrogen-bond acceptors (Lipinski definition) is 6. The van der Waals surface area contributed by atoms with Crippen LogP contribution in [0.25, 0.3) is 11.0 Å². The number of carbonyl (C=O) groups excluding carboxylic acids is 2. The summed E-state index contributed by atoms with van der Waals surface area (Å²) in [5.74, 6) is -1.28. The number of fused-ring (bicyclic) bond motifs is 1. The van der Waals surface area contributed by atoms with Crippen LogP contribution in [0.2, 0.25) is 0 Å². The van der Waals surface area contributed by atoms with Gasteiger partial charge in [0.15, 0.2) is 11.5 Å². The van der Waals surface area contributed by atoms with Crippen LogP contribution in [0.5, 0.6) is 0 Å². The number of nitrogens with one attached hydrogen (secondary N) is 2. The number of ether oxygens (including phenoxy) is 1. The molecule has 3 heterocycles. The van der Waals surface area contributed by atoms with Gasteiger partial charge < -0.3 is 24.4 Å².